The van der Waals surface area contributed by atoms with E-state index in [0.29, 0.717) is 5.13 Å². The van der Waals surface area contributed by atoms with Crippen LogP contribution in [0.4, 0.5) is 5.13 Å². The first-order valence-electron chi connectivity index (χ1n) is 5.24. The lowest BCUT2D eigenvalue weighted by molar-refractivity contribution is -0.117. The third kappa shape index (κ3) is 2.84. The summed E-state index contributed by atoms with van der Waals surface area (Å²) in [5, 5.41) is 3.45. The molecule has 1 heterocycles. The Kier molecular flexibility index (Phi) is 3.23. The molecule has 2 rings (SSSR count). The molecule has 1 N–H and O–H groups in total. The Bertz CT molecular complexity index is 571. The van der Waals surface area contributed by atoms with E-state index >= 15 is 0 Å². The van der Waals surface area contributed by atoms with Gasteiger partial charge in [0.15, 0.2) is 5.13 Å². The molecule has 0 saturated carbocycles. The average Bonchev–Trinajstić information content (AvgIpc) is 2.57. The molecule has 0 aliphatic carbocycles. The van der Waals surface area contributed by atoms with Gasteiger partial charge < -0.3 is 5.32 Å². The number of thiazole rings is 1. The minimum absolute atomic E-state index is 0.0896. The number of halogens is 1. The predicted octanol–water partition coefficient (Wildman–Crippen LogP) is 3.72. The highest BCUT2D eigenvalue weighted by atomic mass is 79.9. The number of carbonyl (C=O) groups excluding carboxylic acids is 1. The molecule has 2 aromatic rings. The molecule has 90 valence electrons. The van der Waals surface area contributed by atoms with Crippen molar-refractivity contribution in [3.05, 3.63) is 23.8 Å². The number of hydrogen-bond donors (Lipinski definition) is 1. The Hall–Kier alpha value is -0.940. The van der Waals surface area contributed by atoms with Crippen molar-refractivity contribution in [3.8, 4) is 0 Å². The van der Waals surface area contributed by atoms with Gasteiger partial charge in [-0.1, -0.05) is 33.3 Å². The number of benzene rings is 1. The number of aryl methyl sites for hydroxylation is 1. The minimum atomic E-state index is -0.583. The van der Waals surface area contributed by atoms with Gasteiger partial charge in [-0.05, 0) is 38.5 Å². The average molecular weight is 313 g/mol. The van der Waals surface area contributed by atoms with Crippen LogP contribution in [0.3, 0.4) is 0 Å². The predicted molar refractivity (Wildman–Crippen MR) is 76.0 cm³/mol. The Morgan fingerprint density at radius 2 is 2.18 bits per heavy atom. The van der Waals surface area contributed by atoms with Gasteiger partial charge in [0, 0.05) is 0 Å². The second kappa shape index (κ2) is 4.38. The molecule has 1 aromatic carbocycles. The maximum absolute atomic E-state index is 11.8. The number of nitrogens with zero attached hydrogens (tertiary/aromatic N) is 1. The van der Waals surface area contributed by atoms with Gasteiger partial charge in [-0.2, -0.15) is 0 Å². The van der Waals surface area contributed by atoms with Gasteiger partial charge in [0.2, 0.25) is 5.91 Å². The molecule has 17 heavy (non-hydrogen) atoms. The number of fused-ring (bicyclic) bond motifs is 1. The zero-order valence-corrected chi connectivity index (χ0v) is 12.3. The molecule has 0 aliphatic rings. The van der Waals surface area contributed by atoms with Gasteiger partial charge in [-0.25, -0.2) is 4.98 Å². The largest absolute Gasteiger partial charge is 0.301 e. The number of hydrogen-bond acceptors (Lipinski definition) is 3. The molecule has 0 aliphatic heterocycles. The highest BCUT2D eigenvalue weighted by molar-refractivity contribution is 9.10. The van der Waals surface area contributed by atoms with Crippen molar-refractivity contribution >= 4 is 48.5 Å². The SMILES string of the molecule is Cc1ccc2nc(NC(=O)C(C)(C)Br)sc2c1. The van der Waals surface area contributed by atoms with Crippen LogP contribution in [0.15, 0.2) is 18.2 Å². The summed E-state index contributed by atoms with van der Waals surface area (Å²) in [4.78, 5) is 16.2. The number of carbonyl (C=O) groups is 1. The van der Waals surface area contributed by atoms with E-state index in [-0.39, 0.29) is 5.91 Å². The van der Waals surface area contributed by atoms with E-state index < -0.39 is 4.32 Å². The van der Waals surface area contributed by atoms with Crippen LogP contribution in [0, 0.1) is 6.92 Å². The van der Waals surface area contributed by atoms with Gasteiger partial charge in [0.1, 0.15) is 0 Å². The minimum Gasteiger partial charge on any atom is -0.301 e. The highest BCUT2D eigenvalue weighted by Crippen LogP contribution is 2.28. The van der Waals surface area contributed by atoms with E-state index in [1.807, 2.05) is 19.1 Å². The number of aromatic nitrogens is 1. The van der Waals surface area contributed by atoms with E-state index in [1.165, 1.54) is 16.9 Å². The Morgan fingerprint density at radius 1 is 1.47 bits per heavy atom. The number of amides is 1. The highest BCUT2D eigenvalue weighted by Gasteiger charge is 2.24. The topological polar surface area (TPSA) is 42.0 Å². The molecular weight excluding hydrogens is 300 g/mol. The van der Waals surface area contributed by atoms with Crippen LogP contribution in [-0.2, 0) is 4.79 Å². The first-order chi connectivity index (χ1) is 7.86. The zero-order valence-electron chi connectivity index (χ0n) is 9.87. The van der Waals surface area contributed by atoms with Gasteiger partial charge in [-0.3, -0.25) is 4.79 Å². The van der Waals surface area contributed by atoms with Crippen LogP contribution in [0.5, 0.6) is 0 Å². The van der Waals surface area contributed by atoms with Crippen molar-refractivity contribution in [2.24, 2.45) is 0 Å². The van der Waals surface area contributed by atoms with E-state index in [0.717, 1.165) is 10.2 Å². The summed E-state index contributed by atoms with van der Waals surface area (Å²) < 4.78 is 0.508. The summed E-state index contributed by atoms with van der Waals surface area (Å²) in [6.07, 6.45) is 0. The summed E-state index contributed by atoms with van der Waals surface area (Å²) in [5.41, 5.74) is 2.11. The number of nitrogens with one attached hydrogen (secondary N) is 1. The second-order valence-corrected chi connectivity index (χ2v) is 7.43. The van der Waals surface area contributed by atoms with Crippen LogP contribution in [-0.4, -0.2) is 15.2 Å². The third-order valence-corrected chi connectivity index (χ3v) is 3.60. The molecule has 0 bridgehead atoms. The molecule has 3 nitrogen and oxygen atoms in total. The lowest BCUT2D eigenvalue weighted by Crippen LogP contribution is -2.30. The monoisotopic (exact) mass is 312 g/mol. The molecule has 0 unspecified atom stereocenters. The summed E-state index contributed by atoms with van der Waals surface area (Å²) in [5.74, 6) is -0.0896. The van der Waals surface area contributed by atoms with Crippen molar-refractivity contribution in [1.29, 1.82) is 0 Å². The van der Waals surface area contributed by atoms with Crippen LogP contribution >= 0.6 is 27.3 Å². The molecule has 0 spiro atoms. The molecule has 0 saturated heterocycles. The Morgan fingerprint density at radius 3 is 2.82 bits per heavy atom. The molecule has 1 amide bonds. The first-order valence-corrected chi connectivity index (χ1v) is 6.85. The lowest BCUT2D eigenvalue weighted by Gasteiger charge is -2.13. The lowest BCUT2D eigenvalue weighted by atomic mass is 10.2. The molecule has 0 radical (unpaired) electrons. The Balaban J connectivity index is 2.29. The fourth-order valence-electron chi connectivity index (χ4n) is 1.33. The van der Waals surface area contributed by atoms with Crippen molar-refractivity contribution in [3.63, 3.8) is 0 Å². The summed E-state index contributed by atoms with van der Waals surface area (Å²) in [6.45, 7) is 5.65. The Labute approximate surface area is 112 Å². The quantitative estimate of drug-likeness (QED) is 0.859. The number of alkyl halides is 1. The fraction of sp³-hybridized carbons (Fsp3) is 0.333. The number of rotatable bonds is 2. The third-order valence-electron chi connectivity index (χ3n) is 2.30. The normalized spacial score (nSPS) is 11.8. The molecule has 5 heteroatoms. The zero-order chi connectivity index (χ0) is 12.6. The first kappa shape index (κ1) is 12.5. The second-order valence-electron chi connectivity index (χ2n) is 4.42. The molecule has 0 atom stereocenters. The van der Waals surface area contributed by atoms with Crippen molar-refractivity contribution in [2.75, 3.05) is 5.32 Å². The summed E-state index contributed by atoms with van der Waals surface area (Å²) >= 11 is 4.81. The molecular formula is C12H13BrN2OS. The van der Waals surface area contributed by atoms with Crippen molar-refractivity contribution in [1.82, 2.24) is 4.98 Å². The van der Waals surface area contributed by atoms with E-state index in [9.17, 15) is 4.79 Å². The van der Waals surface area contributed by atoms with Gasteiger partial charge in [0.25, 0.3) is 0 Å². The van der Waals surface area contributed by atoms with Gasteiger partial charge in [0.05, 0.1) is 14.5 Å². The van der Waals surface area contributed by atoms with Gasteiger partial charge >= 0.3 is 0 Å². The van der Waals surface area contributed by atoms with E-state index in [2.05, 4.69) is 32.3 Å². The number of anilines is 1. The fourth-order valence-corrected chi connectivity index (χ4v) is 2.39. The van der Waals surface area contributed by atoms with Crippen molar-refractivity contribution in [2.45, 2.75) is 25.1 Å². The van der Waals surface area contributed by atoms with Crippen LogP contribution in [0.1, 0.15) is 19.4 Å². The van der Waals surface area contributed by atoms with E-state index in [1.54, 1.807) is 13.8 Å². The van der Waals surface area contributed by atoms with Gasteiger partial charge in [-0.15, -0.1) is 0 Å². The smallest absolute Gasteiger partial charge is 0.242 e. The maximum Gasteiger partial charge on any atom is 0.242 e. The van der Waals surface area contributed by atoms with Crippen LogP contribution in [0.25, 0.3) is 10.2 Å². The summed E-state index contributed by atoms with van der Waals surface area (Å²) in [7, 11) is 0. The standard InChI is InChI=1S/C12H13BrN2OS/c1-7-4-5-8-9(6-7)17-11(14-8)15-10(16)12(2,3)13/h4-6H,1-3H3,(H,14,15,16). The molecule has 0 fully saturated rings. The molecule has 1 aromatic heterocycles. The van der Waals surface area contributed by atoms with E-state index in [4.69, 9.17) is 0 Å². The maximum atomic E-state index is 11.8. The van der Waals surface area contributed by atoms with Crippen LogP contribution < -0.4 is 5.32 Å². The van der Waals surface area contributed by atoms with Crippen molar-refractivity contribution < 1.29 is 4.79 Å². The summed E-state index contributed by atoms with van der Waals surface area (Å²) in [6, 6.07) is 6.06. The van der Waals surface area contributed by atoms with Crippen LogP contribution in [0.2, 0.25) is 0 Å².